The molecule has 0 bridgehead atoms. The Balaban J connectivity index is 1.68. The van der Waals surface area contributed by atoms with E-state index in [1.54, 1.807) is 0 Å². The van der Waals surface area contributed by atoms with Crippen LogP contribution in [0.4, 0.5) is 5.69 Å². The van der Waals surface area contributed by atoms with Gasteiger partial charge in [0.1, 0.15) is 0 Å². The van der Waals surface area contributed by atoms with E-state index in [9.17, 15) is 0 Å². The molecular formula is C22H18ClN. The first-order chi connectivity index (χ1) is 11.8. The molecule has 1 heterocycles. The molecule has 0 saturated heterocycles. The third-order valence-corrected chi connectivity index (χ3v) is 5.72. The van der Waals surface area contributed by atoms with E-state index in [1.807, 2.05) is 6.07 Å². The third-order valence-electron chi connectivity index (χ3n) is 5.48. The summed E-state index contributed by atoms with van der Waals surface area (Å²) in [5, 5.41) is 7.28. The summed E-state index contributed by atoms with van der Waals surface area (Å²) in [4.78, 5) is 0. The molecule has 0 fully saturated rings. The van der Waals surface area contributed by atoms with E-state index in [4.69, 9.17) is 11.6 Å². The number of anilines is 1. The molecule has 0 amide bonds. The van der Waals surface area contributed by atoms with Crippen molar-refractivity contribution in [1.29, 1.82) is 0 Å². The molecule has 1 nitrogen and oxygen atoms in total. The minimum absolute atomic E-state index is 0.324. The van der Waals surface area contributed by atoms with Crippen molar-refractivity contribution < 1.29 is 0 Å². The predicted octanol–water partition coefficient (Wildman–Crippen LogP) is 6.32. The first-order valence-corrected chi connectivity index (χ1v) is 8.89. The van der Waals surface area contributed by atoms with Gasteiger partial charge in [0.2, 0.25) is 0 Å². The van der Waals surface area contributed by atoms with Gasteiger partial charge in [0, 0.05) is 16.6 Å². The molecule has 1 N–H and O–H groups in total. The van der Waals surface area contributed by atoms with Crippen LogP contribution in [-0.2, 0) is 0 Å². The molecule has 0 aromatic heterocycles. The maximum atomic E-state index is 6.25. The van der Waals surface area contributed by atoms with Crippen LogP contribution in [0.5, 0.6) is 0 Å². The molecule has 0 spiro atoms. The van der Waals surface area contributed by atoms with Crippen LogP contribution >= 0.6 is 11.6 Å². The van der Waals surface area contributed by atoms with Crippen LogP contribution in [0.1, 0.15) is 29.5 Å². The van der Waals surface area contributed by atoms with Crippen molar-refractivity contribution in [3.63, 3.8) is 0 Å². The molecule has 118 valence electrons. The normalized spacial score (nSPS) is 24.5. The number of benzene rings is 3. The summed E-state index contributed by atoms with van der Waals surface area (Å²) >= 11 is 6.25. The van der Waals surface area contributed by atoms with E-state index in [-0.39, 0.29) is 0 Å². The van der Waals surface area contributed by atoms with Gasteiger partial charge in [-0.1, -0.05) is 66.2 Å². The fourth-order valence-electron chi connectivity index (χ4n) is 4.39. The summed E-state index contributed by atoms with van der Waals surface area (Å²) < 4.78 is 0. The van der Waals surface area contributed by atoms with Crippen LogP contribution in [0, 0.1) is 5.92 Å². The molecular weight excluding hydrogens is 314 g/mol. The summed E-state index contributed by atoms with van der Waals surface area (Å²) in [6.45, 7) is 0. The van der Waals surface area contributed by atoms with Crippen molar-refractivity contribution >= 4 is 28.1 Å². The second-order valence-electron chi connectivity index (χ2n) is 6.78. The lowest BCUT2D eigenvalue weighted by Gasteiger charge is -2.38. The molecule has 1 aliphatic carbocycles. The van der Waals surface area contributed by atoms with E-state index in [0.29, 0.717) is 17.9 Å². The minimum atomic E-state index is 0.324. The Labute approximate surface area is 147 Å². The van der Waals surface area contributed by atoms with Gasteiger partial charge in [-0.25, -0.2) is 0 Å². The highest BCUT2D eigenvalue weighted by Gasteiger charge is 2.38. The third kappa shape index (κ3) is 2.08. The van der Waals surface area contributed by atoms with Gasteiger partial charge in [-0.3, -0.25) is 0 Å². The SMILES string of the molecule is Clc1ccc2c(c1)[C@@H]1C=CC[C@@H]1[C@H](c1cccc3ccccc13)N2. The molecule has 2 heteroatoms. The highest BCUT2D eigenvalue weighted by atomic mass is 35.5. The second kappa shape index (κ2) is 5.39. The molecule has 1 aliphatic heterocycles. The number of halogens is 1. The van der Waals surface area contributed by atoms with E-state index >= 15 is 0 Å². The molecule has 3 atom stereocenters. The van der Waals surface area contributed by atoms with Gasteiger partial charge in [0.05, 0.1) is 6.04 Å². The Kier molecular flexibility index (Phi) is 3.17. The highest BCUT2D eigenvalue weighted by Crippen LogP contribution is 2.51. The zero-order valence-corrected chi connectivity index (χ0v) is 14.0. The number of hydrogen-bond donors (Lipinski definition) is 1. The van der Waals surface area contributed by atoms with Gasteiger partial charge >= 0.3 is 0 Å². The van der Waals surface area contributed by atoms with Crippen LogP contribution in [0.2, 0.25) is 5.02 Å². The first-order valence-electron chi connectivity index (χ1n) is 8.51. The number of hydrogen-bond acceptors (Lipinski definition) is 1. The topological polar surface area (TPSA) is 12.0 Å². The molecule has 5 rings (SSSR count). The smallest absolute Gasteiger partial charge is 0.0560 e. The highest BCUT2D eigenvalue weighted by molar-refractivity contribution is 6.30. The monoisotopic (exact) mass is 331 g/mol. The van der Waals surface area contributed by atoms with Crippen molar-refractivity contribution in [3.05, 3.63) is 89.0 Å². The van der Waals surface area contributed by atoms with Gasteiger partial charge < -0.3 is 5.32 Å². The maximum Gasteiger partial charge on any atom is 0.0560 e. The average Bonchev–Trinajstić information content (AvgIpc) is 3.11. The minimum Gasteiger partial charge on any atom is -0.378 e. The van der Waals surface area contributed by atoms with Crippen LogP contribution in [0.15, 0.2) is 72.8 Å². The summed E-state index contributed by atoms with van der Waals surface area (Å²) in [6.07, 6.45) is 5.79. The van der Waals surface area contributed by atoms with Gasteiger partial charge in [-0.05, 0) is 52.4 Å². The zero-order chi connectivity index (χ0) is 16.1. The Morgan fingerprint density at radius 1 is 0.917 bits per heavy atom. The largest absolute Gasteiger partial charge is 0.378 e. The standard InChI is InChI=1S/C22H18ClN/c23-15-11-12-21-20(13-15)17-8-4-10-19(17)22(24-21)18-9-3-6-14-5-1-2-7-16(14)18/h1-9,11-13,17,19,22,24H,10H2/t17-,19+,22+/m1/s1. The van der Waals surface area contributed by atoms with Gasteiger partial charge in [0.15, 0.2) is 0 Å². The molecule has 0 unspecified atom stereocenters. The molecule has 0 radical (unpaired) electrons. The van der Waals surface area contributed by atoms with E-state index in [2.05, 4.69) is 72.1 Å². The Morgan fingerprint density at radius 3 is 2.75 bits per heavy atom. The zero-order valence-electron chi connectivity index (χ0n) is 13.2. The van der Waals surface area contributed by atoms with Gasteiger partial charge in [-0.15, -0.1) is 0 Å². The summed E-state index contributed by atoms with van der Waals surface area (Å²) in [5.74, 6) is 0.991. The molecule has 2 aliphatic rings. The fourth-order valence-corrected chi connectivity index (χ4v) is 4.58. The van der Waals surface area contributed by atoms with Gasteiger partial charge in [0.25, 0.3) is 0 Å². The lowest BCUT2D eigenvalue weighted by Crippen LogP contribution is -2.29. The lowest BCUT2D eigenvalue weighted by atomic mass is 9.76. The molecule has 3 aromatic rings. The molecule has 24 heavy (non-hydrogen) atoms. The number of allylic oxidation sites excluding steroid dienone is 2. The maximum absolute atomic E-state index is 6.25. The van der Waals surface area contributed by atoms with Crippen molar-refractivity contribution in [3.8, 4) is 0 Å². The van der Waals surface area contributed by atoms with Crippen LogP contribution in [0.3, 0.4) is 0 Å². The van der Waals surface area contributed by atoms with E-state index in [1.165, 1.54) is 27.6 Å². The van der Waals surface area contributed by atoms with Crippen LogP contribution in [0.25, 0.3) is 10.8 Å². The van der Waals surface area contributed by atoms with Crippen molar-refractivity contribution in [2.24, 2.45) is 5.92 Å². The van der Waals surface area contributed by atoms with E-state index in [0.717, 1.165) is 11.4 Å². The quantitative estimate of drug-likeness (QED) is 0.514. The Bertz CT molecular complexity index is 954. The second-order valence-corrected chi connectivity index (χ2v) is 7.21. The number of fused-ring (bicyclic) bond motifs is 4. The summed E-state index contributed by atoms with van der Waals surface area (Å²) in [6, 6.07) is 21.9. The molecule has 0 saturated carbocycles. The average molecular weight is 332 g/mol. The first kappa shape index (κ1) is 14.1. The predicted molar refractivity (Wildman–Crippen MR) is 102 cm³/mol. The lowest BCUT2D eigenvalue weighted by molar-refractivity contribution is 0.427. The van der Waals surface area contributed by atoms with Crippen LogP contribution in [-0.4, -0.2) is 0 Å². The van der Waals surface area contributed by atoms with Crippen LogP contribution < -0.4 is 5.32 Å². The van der Waals surface area contributed by atoms with E-state index < -0.39 is 0 Å². The Hall–Kier alpha value is -2.25. The van der Waals surface area contributed by atoms with Crippen molar-refractivity contribution in [2.75, 3.05) is 5.32 Å². The fraction of sp³-hybridized carbons (Fsp3) is 0.182. The summed E-state index contributed by atoms with van der Waals surface area (Å²) in [7, 11) is 0. The summed E-state index contributed by atoms with van der Waals surface area (Å²) in [5.41, 5.74) is 3.94. The molecule has 3 aromatic carbocycles. The number of rotatable bonds is 1. The van der Waals surface area contributed by atoms with Gasteiger partial charge in [-0.2, -0.15) is 0 Å². The van der Waals surface area contributed by atoms with Crippen molar-refractivity contribution in [1.82, 2.24) is 0 Å². The number of nitrogens with one attached hydrogen (secondary N) is 1. The van der Waals surface area contributed by atoms with Crippen molar-refractivity contribution in [2.45, 2.75) is 18.4 Å². The Morgan fingerprint density at radius 2 is 1.79 bits per heavy atom.